The van der Waals surface area contributed by atoms with Crippen molar-refractivity contribution in [3.05, 3.63) is 95.5 Å². The molecular weight excluding hydrogens is 499 g/mol. The zero-order chi connectivity index (χ0) is 27.6. The van der Waals surface area contributed by atoms with Crippen molar-refractivity contribution >= 4 is 29.7 Å². The van der Waals surface area contributed by atoms with E-state index in [9.17, 15) is 14.0 Å². The molecule has 0 radical (unpaired) electrons. The first-order valence-corrected chi connectivity index (χ1v) is 12.6. The lowest BCUT2D eigenvalue weighted by molar-refractivity contribution is -0.750. The number of aliphatic imine (C=N–C) groups is 2. The van der Waals surface area contributed by atoms with Crippen molar-refractivity contribution in [3.8, 4) is 0 Å². The highest BCUT2D eigenvalue weighted by atomic mass is 19.1. The SMILES string of the molecule is CN(C)C/C=C/C(=O)N1CCCC1C1=C2C=NC=C[N+]2(N)C(c2ccc(C(=O)Nc3cc(F)ccn3)cc2)=N1. The number of hydrogen-bond acceptors (Lipinski definition) is 7. The normalized spacial score (nSPS) is 22.1. The number of nitrogens with one attached hydrogen (secondary N) is 1. The molecule has 200 valence electrons. The number of likely N-dealkylation sites (tertiary alicyclic amines) is 1. The second kappa shape index (κ2) is 10.8. The summed E-state index contributed by atoms with van der Waals surface area (Å²) in [5, 5.41) is 2.59. The number of hydrogen-bond donors (Lipinski definition) is 2. The standard InChI is InChI=1S/C28H29FN8O2/c1-35(2)14-4-6-25(38)36-15-3-5-22(36)26-23-18-31-13-16-37(23,30)27(34-26)19-7-9-20(10-8-19)28(39)33-24-17-21(29)11-12-32-24/h4,6-13,16-18,22H,3,5,14-15,30H2,1-2H3/p+1/b6-4+. The molecule has 39 heavy (non-hydrogen) atoms. The van der Waals surface area contributed by atoms with Gasteiger partial charge in [0.1, 0.15) is 23.5 Å². The molecule has 0 spiro atoms. The first-order chi connectivity index (χ1) is 18.8. The number of quaternary nitrogens is 1. The number of aromatic nitrogens is 1. The van der Waals surface area contributed by atoms with Crippen LogP contribution in [0.15, 0.2) is 88.5 Å². The van der Waals surface area contributed by atoms with Crippen molar-refractivity contribution in [1.82, 2.24) is 14.8 Å². The number of rotatable bonds is 7. The van der Waals surface area contributed by atoms with Crippen LogP contribution in [0, 0.1) is 5.82 Å². The predicted molar refractivity (Wildman–Crippen MR) is 147 cm³/mol. The van der Waals surface area contributed by atoms with Crippen molar-refractivity contribution in [3.63, 3.8) is 0 Å². The van der Waals surface area contributed by atoms with Crippen LogP contribution in [-0.4, -0.2) is 76.5 Å². The molecule has 0 saturated carbocycles. The molecule has 1 fully saturated rings. The first-order valence-electron chi connectivity index (χ1n) is 12.6. The lowest BCUT2D eigenvalue weighted by atomic mass is 10.1. The summed E-state index contributed by atoms with van der Waals surface area (Å²) in [6, 6.07) is 8.96. The molecule has 0 bridgehead atoms. The number of fused-ring (bicyclic) bond motifs is 1. The van der Waals surface area contributed by atoms with Gasteiger partial charge >= 0.3 is 0 Å². The minimum Gasteiger partial charge on any atom is -0.330 e. The van der Waals surface area contributed by atoms with E-state index < -0.39 is 11.7 Å². The Morgan fingerprint density at radius 1 is 1.26 bits per heavy atom. The molecule has 1 aromatic carbocycles. The molecule has 2 aromatic rings. The number of allylic oxidation sites excluding steroid dienone is 1. The van der Waals surface area contributed by atoms with E-state index in [0.717, 1.165) is 18.9 Å². The third-order valence-electron chi connectivity index (χ3n) is 6.77. The highest BCUT2D eigenvalue weighted by Crippen LogP contribution is 2.37. The summed E-state index contributed by atoms with van der Waals surface area (Å²) in [5.41, 5.74) is 2.50. The highest BCUT2D eigenvalue weighted by Gasteiger charge is 2.48. The van der Waals surface area contributed by atoms with E-state index in [1.165, 1.54) is 12.3 Å². The topological polar surface area (TPSA) is 116 Å². The lowest BCUT2D eigenvalue weighted by Crippen LogP contribution is -2.53. The average Bonchev–Trinajstić information content (AvgIpc) is 3.51. The maximum atomic E-state index is 13.4. The van der Waals surface area contributed by atoms with Crippen molar-refractivity contribution in [2.45, 2.75) is 18.9 Å². The number of amidine groups is 1. The molecule has 0 aliphatic carbocycles. The van der Waals surface area contributed by atoms with Gasteiger partial charge in [-0.25, -0.2) is 9.37 Å². The monoisotopic (exact) mass is 529 g/mol. The van der Waals surface area contributed by atoms with E-state index in [1.54, 1.807) is 49.0 Å². The summed E-state index contributed by atoms with van der Waals surface area (Å²) < 4.78 is 13.3. The maximum Gasteiger partial charge on any atom is 0.264 e. The van der Waals surface area contributed by atoms with Gasteiger partial charge in [-0.05, 0) is 57.3 Å². The lowest BCUT2D eigenvalue weighted by Gasteiger charge is -2.27. The van der Waals surface area contributed by atoms with Crippen molar-refractivity contribution in [2.75, 3.05) is 32.5 Å². The van der Waals surface area contributed by atoms with Gasteiger partial charge in [-0.15, -0.1) is 4.59 Å². The Morgan fingerprint density at radius 3 is 2.79 bits per heavy atom. The Hall–Kier alpha value is -4.32. The zero-order valence-corrected chi connectivity index (χ0v) is 21.8. The van der Waals surface area contributed by atoms with Crippen LogP contribution in [-0.2, 0) is 4.79 Å². The quantitative estimate of drug-likeness (QED) is 0.325. The van der Waals surface area contributed by atoms with Crippen molar-refractivity contribution < 1.29 is 18.6 Å². The number of likely N-dealkylation sites (N-methyl/N-ethyl adjacent to an activating group) is 1. The van der Waals surface area contributed by atoms with E-state index in [1.807, 2.05) is 30.0 Å². The van der Waals surface area contributed by atoms with E-state index >= 15 is 0 Å². The van der Waals surface area contributed by atoms with Crippen molar-refractivity contribution in [1.29, 1.82) is 0 Å². The second-order valence-electron chi connectivity index (χ2n) is 9.80. The summed E-state index contributed by atoms with van der Waals surface area (Å²) >= 11 is 0. The minimum atomic E-state index is -0.490. The molecule has 2 amide bonds. The van der Waals surface area contributed by atoms with Gasteiger partial charge in [0.2, 0.25) is 11.6 Å². The Labute approximate surface area is 225 Å². The van der Waals surface area contributed by atoms with Crippen LogP contribution in [0.2, 0.25) is 0 Å². The molecule has 3 aliphatic heterocycles. The van der Waals surface area contributed by atoms with Crippen LogP contribution in [0.25, 0.3) is 0 Å². The number of anilines is 1. The smallest absolute Gasteiger partial charge is 0.264 e. The largest absolute Gasteiger partial charge is 0.330 e. The molecule has 2 unspecified atom stereocenters. The van der Waals surface area contributed by atoms with Crippen LogP contribution in [0.1, 0.15) is 28.8 Å². The number of amides is 2. The minimum absolute atomic E-state index is 0.0577. The number of pyridine rings is 1. The van der Waals surface area contributed by atoms with Gasteiger partial charge in [-0.2, -0.15) is 10.8 Å². The van der Waals surface area contributed by atoms with Crippen molar-refractivity contribution in [2.24, 2.45) is 15.8 Å². The highest BCUT2D eigenvalue weighted by molar-refractivity contribution is 6.05. The van der Waals surface area contributed by atoms with Crippen LogP contribution in [0.5, 0.6) is 0 Å². The summed E-state index contributed by atoms with van der Waals surface area (Å²) in [6.07, 6.45) is 11.5. The molecule has 3 aliphatic rings. The summed E-state index contributed by atoms with van der Waals surface area (Å²) in [5.74, 6) is 6.59. The van der Waals surface area contributed by atoms with Crippen LogP contribution in [0.3, 0.4) is 0 Å². The zero-order valence-electron chi connectivity index (χ0n) is 21.8. The van der Waals surface area contributed by atoms with Gasteiger partial charge in [0, 0.05) is 37.0 Å². The first kappa shape index (κ1) is 26.3. The Bertz CT molecular complexity index is 1440. The van der Waals surface area contributed by atoms with Gasteiger partial charge in [-0.3, -0.25) is 14.6 Å². The predicted octanol–water partition coefficient (Wildman–Crippen LogP) is 2.80. The van der Waals surface area contributed by atoms with Gasteiger partial charge in [0.05, 0.1) is 24.0 Å². The molecule has 1 saturated heterocycles. The van der Waals surface area contributed by atoms with Crippen LogP contribution in [0.4, 0.5) is 10.2 Å². The number of carbonyl (C=O) groups is 2. The fourth-order valence-corrected chi connectivity index (χ4v) is 4.86. The Morgan fingerprint density at radius 2 is 2.05 bits per heavy atom. The van der Waals surface area contributed by atoms with Gasteiger partial charge in [-0.1, -0.05) is 6.08 Å². The maximum absolute atomic E-state index is 13.4. The van der Waals surface area contributed by atoms with E-state index in [0.29, 0.717) is 41.4 Å². The Balaban J connectivity index is 1.40. The third-order valence-corrected chi connectivity index (χ3v) is 6.77. The molecule has 5 rings (SSSR count). The molecule has 2 atom stereocenters. The molecule has 10 nitrogen and oxygen atoms in total. The van der Waals surface area contributed by atoms with Gasteiger partial charge in [0.25, 0.3) is 11.7 Å². The van der Waals surface area contributed by atoms with Gasteiger partial charge in [0.15, 0.2) is 0 Å². The number of nitrogens with zero attached hydrogens (tertiary/aromatic N) is 6. The van der Waals surface area contributed by atoms with E-state index in [-0.39, 0.29) is 22.4 Å². The Kier molecular flexibility index (Phi) is 7.29. The fourth-order valence-electron chi connectivity index (χ4n) is 4.86. The molecular formula is C28H30FN8O2+. The van der Waals surface area contributed by atoms with E-state index in [4.69, 9.17) is 10.8 Å². The van der Waals surface area contributed by atoms with E-state index in [2.05, 4.69) is 15.3 Å². The number of carbonyl (C=O) groups excluding carboxylic acids is 2. The molecule has 3 N–H and O–H groups in total. The number of halogens is 1. The average molecular weight is 530 g/mol. The number of benzene rings is 1. The molecule has 11 heteroatoms. The third kappa shape index (κ3) is 5.32. The summed E-state index contributed by atoms with van der Waals surface area (Å²) in [4.78, 5) is 42.8. The molecule has 1 aromatic heterocycles. The fraction of sp³-hybridized carbons (Fsp3) is 0.250. The second-order valence-corrected chi connectivity index (χ2v) is 9.80. The summed E-state index contributed by atoms with van der Waals surface area (Å²) in [6.45, 7) is 1.31. The number of nitrogens with two attached hydrogens (primary N) is 1. The molecule has 4 heterocycles. The van der Waals surface area contributed by atoms with Gasteiger partial charge < -0.3 is 15.1 Å². The van der Waals surface area contributed by atoms with Crippen LogP contribution >= 0.6 is 0 Å². The van der Waals surface area contributed by atoms with Crippen LogP contribution < -0.4 is 11.2 Å². The summed E-state index contributed by atoms with van der Waals surface area (Å²) in [7, 11) is 3.90.